The van der Waals surface area contributed by atoms with Gasteiger partial charge in [0.2, 0.25) is 5.91 Å². The van der Waals surface area contributed by atoms with E-state index in [4.69, 9.17) is 5.73 Å². The molecule has 1 aliphatic carbocycles. The van der Waals surface area contributed by atoms with E-state index in [0.29, 0.717) is 12.3 Å². The van der Waals surface area contributed by atoms with Crippen molar-refractivity contribution >= 4 is 17.6 Å². The van der Waals surface area contributed by atoms with Crippen LogP contribution in [0.2, 0.25) is 0 Å². The molecule has 1 aliphatic rings. The quantitative estimate of drug-likeness (QED) is 0.789. The number of carbonyl (C=O) groups excluding carboxylic acids is 2. The van der Waals surface area contributed by atoms with Crippen LogP contribution in [-0.4, -0.2) is 29.9 Å². The topological polar surface area (TPSA) is 75.4 Å². The van der Waals surface area contributed by atoms with Crippen LogP contribution in [0.4, 0.5) is 19.3 Å². The van der Waals surface area contributed by atoms with Crippen LogP contribution in [0.25, 0.3) is 0 Å². The van der Waals surface area contributed by atoms with Crippen molar-refractivity contribution in [1.82, 2.24) is 4.90 Å². The largest absolute Gasteiger partial charge is 0.383 e. The van der Waals surface area contributed by atoms with Gasteiger partial charge in [-0.25, -0.2) is 13.6 Å². The van der Waals surface area contributed by atoms with Gasteiger partial charge < -0.3 is 11.1 Å². The molecule has 1 aromatic rings. The molecule has 1 saturated carbocycles. The number of halogens is 2. The van der Waals surface area contributed by atoms with E-state index >= 15 is 0 Å². The second-order valence-electron chi connectivity index (χ2n) is 6.36. The van der Waals surface area contributed by atoms with Gasteiger partial charge >= 0.3 is 6.03 Å². The Hall–Kier alpha value is -2.18. The van der Waals surface area contributed by atoms with Gasteiger partial charge in [0.15, 0.2) is 0 Å². The van der Waals surface area contributed by atoms with Gasteiger partial charge in [-0.05, 0) is 24.5 Å². The summed E-state index contributed by atoms with van der Waals surface area (Å²) in [5, 5.41) is 2.78. The summed E-state index contributed by atoms with van der Waals surface area (Å²) >= 11 is 0. The standard InChI is InChI=1S/C18H24F2N3O2/c19-14-10-15(20)12-16(11-14)22-8-9-23(18(21)25)17(24)7-6-13-4-2-1-3-5-13/h7,10-13,22H,1-6,8-9H2,(H2,21,25). The van der Waals surface area contributed by atoms with Gasteiger partial charge in [0.05, 0.1) is 6.42 Å². The summed E-state index contributed by atoms with van der Waals surface area (Å²) in [7, 11) is 0. The van der Waals surface area contributed by atoms with Gasteiger partial charge in [0, 0.05) is 24.8 Å². The van der Waals surface area contributed by atoms with Crippen LogP contribution in [0.15, 0.2) is 18.2 Å². The van der Waals surface area contributed by atoms with Crippen molar-refractivity contribution in [3.63, 3.8) is 0 Å². The van der Waals surface area contributed by atoms with Gasteiger partial charge in [0.25, 0.3) is 0 Å². The third-order valence-electron chi connectivity index (χ3n) is 4.41. The number of anilines is 1. The van der Waals surface area contributed by atoms with Gasteiger partial charge in [-0.15, -0.1) is 0 Å². The second kappa shape index (κ2) is 9.34. The molecule has 0 bridgehead atoms. The molecule has 0 heterocycles. The maximum Gasteiger partial charge on any atom is 0.321 e. The number of imide groups is 1. The number of amides is 3. The van der Waals surface area contributed by atoms with Gasteiger partial charge in [-0.2, -0.15) is 0 Å². The molecule has 1 fully saturated rings. The Balaban J connectivity index is 1.80. The molecule has 5 nitrogen and oxygen atoms in total. The molecule has 3 N–H and O–H groups in total. The lowest BCUT2D eigenvalue weighted by Crippen LogP contribution is -2.43. The molecule has 25 heavy (non-hydrogen) atoms. The Labute approximate surface area is 146 Å². The van der Waals surface area contributed by atoms with Crippen LogP contribution in [0.1, 0.15) is 38.5 Å². The first-order valence-corrected chi connectivity index (χ1v) is 8.60. The highest BCUT2D eigenvalue weighted by molar-refractivity contribution is 5.98. The highest BCUT2D eigenvalue weighted by Crippen LogP contribution is 2.27. The average Bonchev–Trinajstić information content (AvgIpc) is 2.56. The Morgan fingerprint density at radius 3 is 2.40 bits per heavy atom. The Bertz CT molecular complexity index is 584. The molecule has 1 radical (unpaired) electrons. The lowest BCUT2D eigenvalue weighted by atomic mass is 9.86. The number of primary amides is 1. The van der Waals surface area contributed by atoms with Crippen molar-refractivity contribution in [3.8, 4) is 0 Å². The van der Waals surface area contributed by atoms with Crippen LogP contribution >= 0.6 is 0 Å². The van der Waals surface area contributed by atoms with E-state index in [2.05, 4.69) is 5.32 Å². The summed E-state index contributed by atoms with van der Waals surface area (Å²) in [5.74, 6) is -1.34. The van der Waals surface area contributed by atoms with Gasteiger partial charge in [-0.3, -0.25) is 9.69 Å². The molecule has 0 atom stereocenters. The molecule has 2 rings (SSSR count). The number of urea groups is 1. The van der Waals surface area contributed by atoms with E-state index in [9.17, 15) is 18.4 Å². The Kier molecular flexibility index (Phi) is 7.16. The number of nitrogens with zero attached hydrogens (tertiary/aromatic N) is 1. The molecule has 7 heteroatoms. The van der Waals surface area contributed by atoms with Crippen LogP contribution in [0.5, 0.6) is 0 Å². The number of hydrogen-bond donors (Lipinski definition) is 2. The zero-order valence-corrected chi connectivity index (χ0v) is 14.1. The number of nitrogens with one attached hydrogen (secondary N) is 1. The van der Waals surface area contributed by atoms with Crippen molar-refractivity contribution in [2.75, 3.05) is 18.4 Å². The minimum atomic E-state index is -0.836. The predicted octanol–water partition coefficient (Wildman–Crippen LogP) is 3.46. The van der Waals surface area contributed by atoms with E-state index in [1.807, 2.05) is 0 Å². The number of rotatable bonds is 7. The van der Waals surface area contributed by atoms with Crippen LogP contribution in [0, 0.1) is 24.0 Å². The maximum absolute atomic E-state index is 13.1. The lowest BCUT2D eigenvalue weighted by molar-refractivity contribution is -0.124. The zero-order valence-electron chi connectivity index (χ0n) is 14.1. The van der Waals surface area contributed by atoms with Crippen LogP contribution in [0.3, 0.4) is 0 Å². The fourth-order valence-electron chi connectivity index (χ4n) is 3.10. The summed E-state index contributed by atoms with van der Waals surface area (Å²) in [6, 6.07) is 2.20. The van der Waals surface area contributed by atoms with E-state index in [1.54, 1.807) is 0 Å². The normalized spacial score (nSPS) is 15.0. The zero-order chi connectivity index (χ0) is 18.2. The highest BCUT2D eigenvalue weighted by Gasteiger charge is 2.21. The minimum absolute atomic E-state index is 0.0213. The molecule has 3 amide bonds. The molecule has 0 spiro atoms. The fourth-order valence-corrected chi connectivity index (χ4v) is 3.10. The van der Waals surface area contributed by atoms with Crippen molar-refractivity contribution < 1.29 is 18.4 Å². The molecule has 0 aromatic heterocycles. The van der Waals surface area contributed by atoms with Crippen molar-refractivity contribution in [2.24, 2.45) is 11.7 Å². The smallest absolute Gasteiger partial charge is 0.321 e. The Morgan fingerprint density at radius 1 is 1.16 bits per heavy atom. The first kappa shape index (κ1) is 19.1. The first-order valence-electron chi connectivity index (χ1n) is 8.60. The van der Waals surface area contributed by atoms with Crippen molar-refractivity contribution in [3.05, 3.63) is 36.3 Å². The number of carbonyl (C=O) groups is 2. The molecule has 0 saturated heterocycles. The number of benzene rings is 1. The SMILES string of the molecule is NC(=O)N(CCNc1cc(F)cc(F)c1)C(=O)[CH]CC1CCCCC1. The second-order valence-corrected chi connectivity index (χ2v) is 6.36. The monoisotopic (exact) mass is 352 g/mol. The van der Waals surface area contributed by atoms with E-state index < -0.39 is 23.6 Å². The third-order valence-corrected chi connectivity index (χ3v) is 4.41. The van der Waals surface area contributed by atoms with E-state index in [-0.39, 0.29) is 18.8 Å². The van der Waals surface area contributed by atoms with E-state index in [0.717, 1.165) is 35.9 Å². The minimum Gasteiger partial charge on any atom is -0.383 e. The molecule has 0 aliphatic heterocycles. The summed E-state index contributed by atoms with van der Waals surface area (Å²) in [4.78, 5) is 24.6. The fraction of sp³-hybridized carbons (Fsp3) is 0.500. The summed E-state index contributed by atoms with van der Waals surface area (Å²) in [6.45, 7) is 0.169. The summed E-state index contributed by atoms with van der Waals surface area (Å²) in [6.07, 6.45) is 7.97. The lowest BCUT2D eigenvalue weighted by Gasteiger charge is -2.23. The number of hydrogen-bond acceptors (Lipinski definition) is 3. The highest BCUT2D eigenvalue weighted by atomic mass is 19.1. The predicted molar refractivity (Wildman–Crippen MR) is 91.6 cm³/mol. The molecular weight excluding hydrogens is 328 g/mol. The van der Waals surface area contributed by atoms with Gasteiger partial charge in [0.1, 0.15) is 11.6 Å². The molecule has 1 aromatic carbocycles. The Morgan fingerprint density at radius 2 is 1.80 bits per heavy atom. The summed E-state index contributed by atoms with van der Waals surface area (Å²) < 4.78 is 26.2. The van der Waals surface area contributed by atoms with Crippen molar-refractivity contribution in [1.29, 1.82) is 0 Å². The molecule has 0 unspecified atom stereocenters. The average molecular weight is 352 g/mol. The van der Waals surface area contributed by atoms with Crippen LogP contribution < -0.4 is 11.1 Å². The first-order chi connectivity index (χ1) is 12.0. The molecular formula is C18H24F2N3O2. The maximum atomic E-state index is 13.1. The molecule has 137 valence electrons. The number of nitrogens with two attached hydrogens (primary N) is 1. The van der Waals surface area contributed by atoms with Crippen LogP contribution in [-0.2, 0) is 4.79 Å². The third kappa shape index (κ3) is 6.32. The summed E-state index contributed by atoms with van der Waals surface area (Å²) in [5.41, 5.74) is 5.51. The van der Waals surface area contributed by atoms with Gasteiger partial charge in [-0.1, -0.05) is 32.1 Å². The van der Waals surface area contributed by atoms with Crippen molar-refractivity contribution in [2.45, 2.75) is 38.5 Å². The van der Waals surface area contributed by atoms with E-state index in [1.165, 1.54) is 25.7 Å².